The summed E-state index contributed by atoms with van der Waals surface area (Å²) >= 11 is 0. The van der Waals surface area contributed by atoms with Gasteiger partial charge in [-0.25, -0.2) is 0 Å². The molecule has 0 saturated heterocycles. The Morgan fingerprint density at radius 2 is 1.78 bits per heavy atom. The molecule has 194 valence electrons. The van der Waals surface area contributed by atoms with Gasteiger partial charge >= 0.3 is 0 Å². The van der Waals surface area contributed by atoms with Crippen LogP contribution < -0.4 is 15.0 Å². The largest absolute Gasteiger partial charge is 0.497 e. The molecule has 0 radical (unpaired) electrons. The Morgan fingerprint density at radius 1 is 1.05 bits per heavy atom. The van der Waals surface area contributed by atoms with Crippen LogP contribution >= 0.6 is 0 Å². The Labute approximate surface area is 218 Å². The number of ether oxygens (including phenoxy) is 1. The van der Waals surface area contributed by atoms with E-state index in [-0.39, 0.29) is 30.2 Å². The summed E-state index contributed by atoms with van der Waals surface area (Å²) in [6.45, 7) is 6.44. The average Bonchev–Trinajstić information content (AvgIpc) is 3.19. The zero-order chi connectivity index (χ0) is 26.5. The highest BCUT2D eigenvalue weighted by molar-refractivity contribution is 6.25. The predicted octanol–water partition coefficient (Wildman–Crippen LogP) is 4.92. The van der Waals surface area contributed by atoms with Gasteiger partial charge < -0.3 is 19.9 Å². The van der Waals surface area contributed by atoms with Gasteiger partial charge in [0.25, 0.3) is 5.91 Å². The number of nitrogens with one attached hydrogen (secondary N) is 1. The summed E-state index contributed by atoms with van der Waals surface area (Å²) in [6.07, 6.45) is 1.52. The topological polar surface area (TPSA) is 79.0 Å². The average molecular weight is 502 g/mol. The Morgan fingerprint density at radius 3 is 2.51 bits per heavy atom. The molecule has 1 aliphatic rings. The summed E-state index contributed by atoms with van der Waals surface area (Å²) in [4.78, 5) is 42.9. The first kappa shape index (κ1) is 26.2. The molecule has 0 aliphatic carbocycles. The van der Waals surface area contributed by atoms with E-state index in [1.807, 2.05) is 74.5 Å². The molecule has 1 aliphatic heterocycles. The fraction of sp³-hybridized carbons (Fsp3) is 0.367. The predicted molar refractivity (Wildman–Crippen MR) is 146 cm³/mol. The van der Waals surface area contributed by atoms with Gasteiger partial charge in [-0.1, -0.05) is 43.3 Å². The lowest BCUT2D eigenvalue weighted by atomic mass is 10.1. The van der Waals surface area contributed by atoms with Crippen molar-refractivity contribution in [1.82, 2.24) is 10.2 Å². The van der Waals surface area contributed by atoms with E-state index in [2.05, 4.69) is 5.32 Å². The monoisotopic (exact) mass is 501 g/mol. The zero-order valence-corrected chi connectivity index (χ0v) is 22.0. The molecule has 7 nitrogen and oxygen atoms in total. The van der Waals surface area contributed by atoms with Gasteiger partial charge in [0.2, 0.25) is 11.8 Å². The summed E-state index contributed by atoms with van der Waals surface area (Å²) in [7, 11) is 1.60. The maximum atomic E-state index is 13.5. The normalized spacial score (nSPS) is 13.9. The van der Waals surface area contributed by atoms with E-state index in [1.165, 1.54) is 0 Å². The van der Waals surface area contributed by atoms with Crippen molar-refractivity contribution in [1.29, 1.82) is 0 Å². The Kier molecular flexibility index (Phi) is 8.11. The lowest BCUT2D eigenvalue weighted by molar-refractivity contribution is -0.140. The fourth-order valence-corrected chi connectivity index (χ4v) is 4.75. The Bertz CT molecular complexity index is 1300. The molecular weight excluding hydrogens is 466 g/mol. The van der Waals surface area contributed by atoms with Crippen molar-refractivity contribution in [2.75, 3.05) is 18.6 Å². The molecule has 37 heavy (non-hydrogen) atoms. The number of hydrogen-bond acceptors (Lipinski definition) is 4. The molecule has 4 rings (SSSR count). The summed E-state index contributed by atoms with van der Waals surface area (Å²) in [5.41, 5.74) is 2.47. The van der Waals surface area contributed by atoms with Gasteiger partial charge in [-0.15, -0.1) is 0 Å². The third kappa shape index (κ3) is 5.61. The van der Waals surface area contributed by atoms with Crippen LogP contribution in [-0.4, -0.2) is 48.4 Å². The molecule has 0 bridgehead atoms. The van der Waals surface area contributed by atoms with Crippen molar-refractivity contribution in [3.8, 4) is 5.75 Å². The number of carbonyl (C=O) groups is 3. The van der Waals surface area contributed by atoms with Crippen molar-refractivity contribution in [3.63, 3.8) is 0 Å². The number of anilines is 1. The van der Waals surface area contributed by atoms with Crippen LogP contribution in [0.1, 0.15) is 56.0 Å². The minimum absolute atomic E-state index is 0.0224. The van der Waals surface area contributed by atoms with Crippen LogP contribution in [0.25, 0.3) is 10.8 Å². The number of rotatable bonds is 11. The second kappa shape index (κ2) is 11.5. The van der Waals surface area contributed by atoms with E-state index in [9.17, 15) is 14.4 Å². The molecule has 0 aromatic heterocycles. The Hall–Kier alpha value is -3.87. The lowest BCUT2D eigenvalue weighted by Crippen LogP contribution is -2.49. The molecule has 3 amide bonds. The van der Waals surface area contributed by atoms with Crippen molar-refractivity contribution in [2.24, 2.45) is 0 Å². The molecule has 1 heterocycles. The van der Waals surface area contributed by atoms with Crippen molar-refractivity contribution in [2.45, 2.75) is 58.7 Å². The minimum Gasteiger partial charge on any atom is -0.497 e. The molecule has 0 unspecified atom stereocenters. The summed E-state index contributed by atoms with van der Waals surface area (Å²) < 4.78 is 5.33. The van der Waals surface area contributed by atoms with Crippen LogP contribution in [0.15, 0.2) is 60.7 Å². The van der Waals surface area contributed by atoms with E-state index in [0.717, 1.165) is 28.4 Å². The zero-order valence-electron chi connectivity index (χ0n) is 22.0. The van der Waals surface area contributed by atoms with E-state index >= 15 is 0 Å². The van der Waals surface area contributed by atoms with Crippen molar-refractivity contribution in [3.05, 3.63) is 71.8 Å². The lowest BCUT2D eigenvalue weighted by Gasteiger charge is -2.30. The van der Waals surface area contributed by atoms with Crippen LogP contribution in [0.5, 0.6) is 5.75 Å². The van der Waals surface area contributed by atoms with Gasteiger partial charge in [0.15, 0.2) is 0 Å². The van der Waals surface area contributed by atoms with Gasteiger partial charge in [-0.05, 0) is 61.9 Å². The van der Waals surface area contributed by atoms with Crippen LogP contribution in [0, 0.1) is 0 Å². The van der Waals surface area contributed by atoms with Crippen LogP contribution in [0.2, 0.25) is 0 Å². The second-order valence-corrected chi connectivity index (χ2v) is 9.61. The third-order valence-corrected chi connectivity index (χ3v) is 7.08. The van der Waals surface area contributed by atoms with Crippen LogP contribution in [0.4, 0.5) is 5.69 Å². The molecule has 2 atom stereocenters. The van der Waals surface area contributed by atoms with Gasteiger partial charge in [-0.3, -0.25) is 14.4 Å². The highest BCUT2D eigenvalue weighted by Crippen LogP contribution is 2.37. The molecule has 7 heteroatoms. The molecule has 3 aromatic carbocycles. The molecule has 1 N–H and O–H groups in total. The number of amides is 3. The minimum atomic E-state index is -0.640. The first-order valence-corrected chi connectivity index (χ1v) is 12.9. The van der Waals surface area contributed by atoms with Crippen LogP contribution in [-0.2, 0) is 16.1 Å². The first-order chi connectivity index (χ1) is 17.8. The van der Waals surface area contributed by atoms with E-state index < -0.39 is 6.04 Å². The molecule has 0 fully saturated rings. The van der Waals surface area contributed by atoms with Crippen molar-refractivity contribution >= 4 is 34.2 Å². The van der Waals surface area contributed by atoms with Gasteiger partial charge in [0, 0.05) is 36.5 Å². The first-order valence-electron chi connectivity index (χ1n) is 12.9. The molecule has 0 spiro atoms. The number of nitrogens with zero attached hydrogens (tertiary/aromatic N) is 2. The van der Waals surface area contributed by atoms with Gasteiger partial charge in [0.05, 0.1) is 12.8 Å². The van der Waals surface area contributed by atoms with Gasteiger partial charge in [0.1, 0.15) is 11.8 Å². The summed E-state index contributed by atoms with van der Waals surface area (Å²) in [5, 5.41) is 4.99. The Balaban J connectivity index is 1.47. The number of carbonyl (C=O) groups excluding carboxylic acids is 3. The fourth-order valence-electron chi connectivity index (χ4n) is 4.75. The van der Waals surface area contributed by atoms with Gasteiger partial charge in [-0.2, -0.15) is 0 Å². The highest BCUT2D eigenvalue weighted by atomic mass is 16.5. The maximum Gasteiger partial charge on any atom is 0.258 e. The van der Waals surface area contributed by atoms with E-state index in [0.29, 0.717) is 30.8 Å². The van der Waals surface area contributed by atoms with Crippen molar-refractivity contribution < 1.29 is 19.1 Å². The summed E-state index contributed by atoms with van der Waals surface area (Å²) in [5.74, 6) is 0.358. The highest BCUT2D eigenvalue weighted by Gasteiger charge is 2.30. The SMILES string of the molecule is CC[C@@H](C)NC(=O)[C@H](C)N(Cc1cccc(OC)c1)C(=O)CCCN1C(=O)c2cccc3cccc1c23. The number of benzene rings is 3. The quantitative estimate of drug-likeness (QED) is 0.405. The van der Waals surface area contributed by atoms with Crippen LogP contribution in [0.3, 0.4) is 0 Å². The molecular formula is C30H35N3O4. The second-order valence-electron chi connectivity index (χ2n) is 9.61. The smallest absolute Gasteiger partial charge is 0.258 e. The number of methoxy groups -OCH3 is 1. The van der Waals surface area contributed by atoms with E-state index in [1.54, 1.807) is 23.8 Å². The van der Waals surface area contributed by atoms with E-state index in [4.69, 9.17) is 4.74 Å². The standard InChI is InChI=1S/C30H35N3O4/c1-5-20(2)31-29(35)21(3)33(19-22-10-6-13-24(18-22)37-4)27(34)16-9-17-32-26-15-8-12-23-11-7-14-25(28(23)26)30(32)36/h6-8,10-15,18,20-21H,5,9,16-17,19H2,1-4H3,(H,31,35)/t20-,21+/m1/s1. The third-order valence-electron chi connectivity index (χ3n) is 7.08. The molecule has 0 saturated carbocycles. The molecule has 3 aromatic rings. The number of hydrogen-bond donors (Lipinski definition) is 1. The maximum absolute atomic E-state index is 13.5. The summed E-state index contributed by atoms with van der Waals surface area (Å²) in [6, 6.07) is 18.6.